The second kappa shape index (κ2) is 12.0. The molecule has 1 fully saturated rings. The highest BCUT2D eigenvalue weighted by Crippen LogP contribution is 2.46. The standard InChI is InChI=1S/C30H33FN2O4/c1-3-4-28(35)32-19-20-5-13-24(14-6-20)33-29(22-9-15-25(37-2)16-10-22)26(30(33)36)17-18-27(34)21-7-11-23(31)12-8-21/h5-16,26-27,29,34H,3-4,17-19H2,1-2H3,(H,32,35)/t26-,27+,29-/m1/s1. The van der Waals surface area contributed by atoms with E-state index >= 15 is 0 Å². The maximum Gasteiger partial charge on any atom is 0.233 e. The molecule has 0 radical (unpaired) electrons. The van der Waals surface area contributed by atoms with Crippen LogP contribution in [0.3, 0.4) is 0 Å². The number of aliphatic hydroxyl groups is 1. The highest BCUT2D eigenvalue weighted by Gasteiger charge is 2.48. The van der Waals surface area contributed by atoms with Crippen LogP contribution >= 0.6 is 0 Å². The molecule has 0 saturated carbocycles. The van der Waals surface area contributed by atoms with Crippen molar-refractivity contribution < 1.29 is 23.8 Å². The van der Waals surface area contributed by atoms with Crippen molar-refractivity contribution in [1.29, 1.82) is 0 Å². The SMILES string of the molecule is CCCC(=O)NCc1ccc(N2C(=O)[C@H](CC[C@H](O)c3ccc(F)cc3)[C@H]2c2ccc(OC)cc2)cc1. The van der Waals surface area contributed by atoms with Crippen LogP contribution in [0.2, 0.25) is 0 Å². The minimum atomic E-state index is -0.777. The molecule has 1 aliphatic heterocycles. The number of halogens is 1. The minimum absolute atomic E-state index is 0.00359. The van der Waals surface area contributed by atoms with Gasteiger partial charge < -0.3 is 20.1 Å². The van der Waals surface area contributed by atoms with E-state index in [1.807, 2.05) is 55.5 Å². The van der Waals surface area contributed by atoms with Crippen molar-refractivity contribution in [3.63, 3.8) is 0 Å². The normalized spacial score (nSPS) is 17.7. The summed E-state index contributed by atoms with van der Waals surface area (Å²) in [5.41, 5.74) is 3.36. The third-order valence-corrected chi connectivity index (χ3v) is 6.86. The molecule has 4 rings (SSSR count). The molecule has 3 atom stereocenters. The summed E-state index contributed by atoms with van der Waals surface area (Å²) in [6.45, 7) is 2.41. The van der Waals surface area contributed by atoms with E-state index in [0.29, 0.717) is 31.4 Å². The number of nitrogens with zero attached hydrogens (tertiary/aromatic N) is 1. The molecule has 0 spiro atoms. The maximum absolute atomic E-state index is 13.3. The predicted octanol–water partition coefficient (Wildman–Crippen LogP) is 5.47. The molecule has 194 valence electrons. The number of rotatable bonds is 11. The molecule has 3 aromatic rings. The fourth-order valence-corrected chi connectivity index (χ4v) is 4.78. The highest BCUT2D eigenvalue weighted by molar-refractivity contribution is 6.03. The number of β-lactam (4-membered cyclic amide) rings is 1. The Hall–Kier alpha value is -3.71. The number of carbonyl (C=O) groups is 2. The van der Waals surface area contributed by atoms with Gasteiger partial charge in [-0.15, -0.1) is 0 Å². The largest absolute Gasteiger partial charge is 0.497 e. The van der Waals surface area contributed by atoms with Crippen LogP contribution in [0.15, 0.2) is 72.8 Å². The van der Waals surface area contributed by atoms with E-state index in [4.69, 9.17) is 4.74 Å². The van der Waals surface area contributed by atoms with E-state index in [0.717, 1.165) is 29.0 Å². The minimum Gasteiger partial charge on any atom is -0.497 e. The fraction of sp³-hybridized carbons (Fsp3) is 0.333. The summed E-state index contributed by atoms with van der Waals surface area (Å²) in [7, 11) is 1.61. The van der Waals surface area contributed by atoms with Crippen LogP contribution in [-0.2, 0) is 16.1 Å². The summed E-state index contributed by atoms with van der Waals surface area (Å²) in [6, 6.07) is 20.9. The van der Waals surface area contributed by atoms with Crippen LogP contribution < -0.4 is 15.0 Å². The molecule has 7 heteroatoms. The van der Waals surface area contributed by atoms with Crippen LogP contribution in [0.25, 0.3) is 0 Å². The Morgan fingerprint density at radius 1 is 1.05 bits per heavy atom. The van der Waals surface area contributed by atoms with Gasteiger partial charge in [-0.2, -0.15) is 0 Å². The van der Waals surface area contributed by atoms with Gasteiger partial charge in [0.25, 0.3) is 0 Å². The third kappa shape index (κ3) is 6.17. The first-order valence-corrected chi connectivity index (χ1v) is 12.7. The number of nitrogens with one attached hydrogen (secondary N) is 1. The third-order valence-electron chi connectivity index (χ3n) is 6.86. The van der Waals surface area contributed by atoms with Crippen LogP contribution in [0.5, 0.6) is 5.75 Å². The number of hydrogen-bond acceptors (Lipinski definition) is 4. The number of hydrogen-bond donors (Lipinski definition) is 2. The summed E-state index contributed by atoms with van der Waals surface area (Å²) in [4.78, 5) is 26.9. The van der Waals surface area contributed by atoms with Gasteiger partial charge in [-0.1, -0.05) is 43.3 Å². The van der Waals surface area contributed by atoms with Crippen molar-refractivity contribution in [2.45, 2.75) is 51.3 Å². The number of anilines is 1. The average Bonchev–Trinajstić information content (AvgIpc) is 2.91. The Kier molecular flexibility index (Phi) is 8.56. The molecular weight excluding hydrogens is 471 g/mol. The summed E-state index contributed by atoms with van der Waals surface area (Å²) >= 11 is 0. The molecule has 0 aliphatic carbocycles. The first-order valence-electron chi connectivity index (χ1n) is 12.7. The van der Waals surface area contributed by atoms with Crippen molar-refractivity contribution in [3.8, 4) is 5.75 Å². The number of carbonyl (C=O) groups excluding carboxylic acids is 2. The molecule has 1 aliphatic rings. The van der Waals surface area contributed by atoms with Crippen LogP contribution in [0.1, 0.15) is 61.4 Å². The van der Waals surface area contributed by atoms with E-state index < -0.39 is 6.10 Å². The maximum atomic E-state index is 13.3. The van der Waals surface area contributed by atoms with Crippen LogP contribution in [0, 0.1) is 11.7 Å². The number of methoxy groups -OCH3 is 1. The monoisotopic (exact) mass is 504 g/mol. The lowest BCUT2D eigenvalue weighted by molar-refractivity contribution is -0.131. The average molecular weight is 505 g/mol. The highest BCUT2D eigenvalue weighted by atomic mass is 19.1. The molecular formula is C30H33FN2O4. The lowest BCUT2D eigenvalue weighted by Gasteiger charge is -2.48. The first-order chi connectivity index (χ1) is 17.9. The van der Waals surface area contributed by atoms with Crippen molar-refractivity contribution in [2.24, 2.45) is 5.92 Å². The number of amides is 2. The molecule has 2 N–H and O–H groups in total. The Bertz CT molecular complexity index is 1200. The summed E-state index contributed by atoms with van der Waals surface area (Å²) in [5.74, 6) is 0.107. The van der Waals surface area contributed by atoms with Gasteiger partial charge in [-0.25, -0.2) is 4.39 Å². The summed E-state index contributed by atoms with van der Waals surface area (Å²) in [5, 5.41) is 13.5. The van der Waals surface area contributed by atoms with Gasteiger partial charge >= 0.3 is 0 Å². The van der Waals surface area contributed by atoms with E-state index in [1.165, 1.54) is 12.1 Å². The lowest BCUT2D eigenvalue weighted by Crippen LogP contribution is -2.55. The van der Waals surface area contributed by atoms with Crippen molar-refractivity contribution in [2.75, 3.05) is 12.0 Å². The zero-order valence-electron chi connectivity index (χ0n) is 21.2. The molecule has 0 unspecified atom stereocenters. The summed E-state index contributed by atoms with van der Waals surface area (Å²) in [6.07, 6.45) is 1.41. The second-order valence-corrected chi connectivity index (χ2v) is 9.37. The van der Waals surface area contributed by atoms with Gasteiger partial charge in [0.05, 0.1) is 25.2 Å². The Morgan fingerprint density at radius 3 is 2.35 bits per heavy atom. The van der Waals surface area contributed by atoms with Gasteiger partial charge in [0.1, 0.15) is 11.6 Å². The van der Waals surface area contributed by atoms with Crippen molar-refractivity contribution in [1.82, 2.24) is 5.32 Å². The predicted molar refractivity (Wildman–Crippen MR) is 141 cm³/mol. The Labute approximate surface area is 217 Å². The second-order valence-electron chi connectivity index (χ2n) is 9.37. The molecule has 0 bridgehead atoms. The first kappa shape index (κ1) is 26.4. The fourth-order valence-electron chi connectivity index (χ4n) is 4.78. The van der Waals surface area contributed by atoms with Crippen molar-refractivity contribution in [3.05, 3.63) is 95.3 Å². The number of aliphatic hydroxyl groups excluding tert-OH is 1. The molecule has 6 nitrogen and oxygen atoms in total. The molecule has 1 heterocycles. The van der Waals surface area contributed by atoms with E-state index in [1.54, 1.807) is 24.1 Å². The molecule has 0 aromatic heterocycles. The molecule has 1 saturated heterocycles. The molecule has 2 amide bonds. The number of benzene rings is 3. The van der Waals surface area contributed by atoms with Crippen LogP contribution in [-0.4, -0.2) is 24.0 Å². The lowest BCUT2D eigenvalue weighted by atomic mass is 9.78. The summed E-state index contributed by atoms with van der Waals surface area (Å²) < 4.78 is 18.5. The van der Waals surface area contributed by atoms with Crippen molar-refractivity contribution >= 4 is 17.5 Å². The smallest absolute Gasteiger partial charge is 0.233 e. The van der Waals surface area contributed by atoms with Crippen LogP contribution in [0.4, 0.5) is 10.1 Å². The van der Waals surface area contributed by atoms with Gasteiger partial charge in [0.15, 0.2) is 0 Å². The quantitative estimate of drug-likeness (QED) is 0.340. The Balaban J connectivity index is 1.49. The van der Waals surface area contributed by atoms with E-state index in [9.17, 15) is 19.1 Å². The van der Waals surface area contributed by atoms with E-state index in [-0.39, 0.29) is 29.6 Å². The molecule has 37 heavy (non-hydrogen) atoms. The topological polar surface area (TPSA) is 78.9 Å². The number of ether oxygens (including phenoxy) is 1. The molecule has 3 aromatic carbocycles. The zero-order chi connectivity index (χ0) is 26.4. The van der Waals surface area contributed by atoms with Gasteiger partial charge in [-0.3, -0.25) is 9.59 Å². The van der Waals surface area contributed by atoms with Gasteiger partial charge in [-0.05, 0) is 72.4 Å². The van der Waals surface area contributed by atoms with Gasteiger partial charge in [0.2, 0.25) is 11.8 Å². The van der Waals surface area contributed by atoms with Gasteiger partial charge in [0, 0.05) is 18.7 Å². The zero-order valence-corrected chi connectivity index (χ0v) is 21.2. The Morgan fingerprint density at radius 2 is 1.73 bits per heavy atom. The van der Waals surface area contributed by atoms with E-state index in [2.05, 4.69) is 5.32 Å².